The number of benzene rings is 3. The Balaban J connectivity index is 1.20. The number of aromatic amines is 1. The van der Waals surface area contributed by atoms with Crippen molar-refractivity contribution in [2.45, 2.75) is 31.8 Å². The van der Waals surface area contributed by atoms with Crippen molar-refractivity contribution in [3.63, 3.8) is 0 Å². The molecule has 5 rings (SSSR count). The van der Waals surface area contributed by atoms with E-state index >= 15 is 0 Å². The van der Waals surface area contributed by atoms with Gasteiger partial charge in [0.1, 0.15) is 5.82 Å². The van der Waals surface area contributed by atoms with Gasteiger partial charge in [-0.15, -0.1) is 0 Å². The van der Waals surface area contributed by atoms with E-state index in [1.807, 2.05) is 31.2 Å². The summed E-state index contributed by atoms with van der Waals surface area (Å²) in [6, 6.07) is 20.0. The van der Waals surface area contributed by atoms with Gasteiger partial charge in [-0.3, -0.25) is 4.79 Å². The van der Waals surface area contributed by atoms with Crippen LogP contribution in [0.4, 0.5) is 11.6 Å². The molecule has 0 spiro atoms. The molecule has 0 radical (unpaired) electrons. The molecular weight excluding hydrogens is 544 g/mol. The molecule has 0 aliphatic rings. The molecule has 1 atom stereocenters. The molecule has 0 fully saturated rings. The highest BCUT2D eigenvalue weighted by atomic mass is 32.2. The number of aryl methyl sites for hydroxylation is 2. The van der Waals surface area contributed by atoms with Gasteiger partial charge in [-0.1, -0.05) is 29.8 Å². The lowest BCUT2D eigenvalue weighted by Crippen LogP contribution is -2.30. The summed E-state index contributed by atoms with van der Waals surface area (Å²) in [7, 11) is -3.93. The van der Waals surface area contributed by atoms with Crippen molar-refractivity contribution in [2.24, 2.45) is 0 Å². The van der Waals surface area contributed by atoms with E-state index < -0.39 is 28.0 Å². The van der Waals surface area contributed by atoms with Crippen LogP contribution >= 0.6 is 0 Å². The molecule has 12 heteroatoms. The topological polar surface area (TPSA) is 156 Å². The number of carbonyl (C=O) groups excluding carboxylic acids is 2. The normalized spacial score (nSPS) is 12.1. The molecule has 0 bridgehead atoms. The molecule has 0 saturated heterocycles. The summed E-state index contributed by atoms with van der Waals surface area (Å²) in [5.74, 6) is -0.621. The summed E-state index contributed by atoms with van der Waals surface area (Å²) < 4.78 is 33.0. The molecule has 11 nitrogen and oxygen atoms in total. The van der Waals surface area contributed by atoms with E-state index in [1.165, 1.54) is 37.4 Å². The Labute approximate surface area is 236 Å². The first kappa shape index (κ1) is 27.5. The van der Waals surface area contributed by atoms with Crippen molar-refractivity contribution in [3.8, 4) is 11.4 Å². The van der Waals surface area contributed by atoms with E-state index in [4.69, 9.17) is 4.74 Å². The Hall–Kier alpha value is -5.10. The molecule has 208 valence electrons. The number of imidazole rings is 1. The number of sulfonamides is 1. The average Bonchev–Trinajstić information content (AvgIpc) is 3.37. The van der Waals surface area contributed by atoms with Gasteiger partial charge in [0, 0.05) is 23.1 Å². The maximum absolute atomic E-state index is 12.8. The Kier molecular flexibility index (Phi) is 7.49. The fourth-order valence-electron chi connectivity index (χ4n) is 3.91. The number of esters is 1. The van der Waals surface area contributed by atoms with Crippen LogP contribution < -0.4 is 10.0 Å². The minimum absolute atomic E-state index is 0.0418. The van der Waals surface area contributed by atoms with Crippen LogP contribution in [-0.2, 0) is 19.6 Å². The molecular formula is C29H26N6O5S. The van der Waals surface area contributed by atoms with Crippen LogP contribution in [0.1, 0.15) is 28.5 Å². The minimum atomic E-state index is -3.93. The number of hydrogen-bond donors (Lipinski definition) is 3. The largest absolute Gasteiger partial charge is 0.449 e. The van der Waals surface area contributed by atoms with Crippen molar-refractivity contribution >= 4 is 44.6 Å². The molecule has 41 heavy (non-hydrogen) atoms. The third-order valence-corrected chi connectivity index (χ3v) is 7.49. The number of fused-ring (bicyclic) bond motifs is 1. The number of nitrogens with one attached hydrogen (secondary N) is 3. The van der Waals surface area contributed by atoms with E-state index in [2.05, 4.69) is 30.0 Å². The summed E-state index contributed by atoms with van der Waals surface area (Å²) in [4.78, 5) is 41.1. The average molecular weight is 571 g/mol. The minimum Gasteiger partial charge on any atom is -0.449 e. The van der Waals surface area contributed by atoms with Crippen LogP contribution in [0.2, 0.25) is 0 Å². The van der Waals surface area contributed by atoms with Crippen LogP contribution in [0.5, 0.6) is 0 Å². The number of hydrogen-bond acceptors (Lipinski definition) is 8. The van der Waals surface area contributed by atoms with Gasteiger partial charge in [0.25, 0.3) is 15.9 Å². The second-order valence-electron chi connectivity index (χ2n) is 9.37. The second-order valence-corrected chi connectivity index (χ2v) is 11.1. The highest BCUT2D eigenvalue weighted by Crippen LogP contribution is 2.22. The van der Waals surface area contributed by atoms with Crippen molar-refractivity contribution < 1.29 is 22.7 Å². The SMILES string of the molecule is Cc1ccc(-c2nc3ccc(C(=O)OC(C)C(=O)Nc4ccc(S(=O)(=O)Nc5nccc(C)n5)cc4)cc3[nH]2)cc1. The Morgan fingerprint density at radius 3 is 2.37 bits per heavy atom. The highest BCUT2D eigenvalue weighted by Gasteiger charge is 2.21. The van der Waals surface area contributed by atoms with Crippen LogP contribution in [0, 0.1) is 13.8 Å². The number of rotatable bonds is 8. The summed E-state index contributed by atoms with van der Waals surface area (Å²) in [5.41, 5.74) is 4.60. The molecule has 1 unspecified atom stereocenters. The smallest absolute Gasteiger partial charge is 0.338 e. The standard InChI is InChI=1S/C29H26N6O5S/c1-17-4-6-20(7-5-17)26-33-24-13-8-21(16-25(24)34-26)28(37)40-19(3)27(36)32-22-9-11-23(12-10-22)41(38,39)35-29-30-15-14-18(2)31-29/h4-16,19H,1-3H3,(H,32,36)(H,33,34)(H,30,31,35). The molecule has 2 heterocycles. The molecule has 2 aromatic heterocycles. The number of H-pyrrole nitrogens is 1. The molecule has 0 saturated carbocycles. The maximum atomic E-state index is 12.8. The lowest BCUT2D eigenvalue weighted by Gasteiger charge is -2.14. The van der Waals surface area contributed by atoms with Crippen LogP contribution in [0.15, 0.2) is 83.9 Å². The third-order valence-electron chi connectivity index (χ3n) is 6.15. The zero-order valence-electron chi connectivity index (χ0n) is 22.4. The molecule has 0 aliphatic carbocycles. The van der Waals surface area contributed by atoms with Crippen LogP contribution in [0.3, 0.4) is 0 Å². The van der Waals surface area contributed by atoms with Crippen molar-refractivity contribution in [1.29, 1.82) is 0 Å². The van der Waals surface area contributed by atoms with Gasteiger partial charge in [0.2, 0.25) is 5.95 Å². The number of amides is 1. The van der Waals surface area contributed by atoms with Gasteiger partial charge in [0.05, 0.1) is 21.5 Å². The second kappa shape index (κ2) is 11.2. The number of aromatic nitrogens is 4. The molecule has 3 N–H and O–H groups in total. The van der Waals surface area contributed by atoms with E-state index in [1.54, 1.807) is 31.2 Å². The van der Waals surface area contributed by atoms with Gasteiger partial charge < -0.3 is 15.0 Å². The summed E-state index contributed by atoms with van der Waals surface area (Å²) in [6.07, 6.45) is 0.330. The Morgan fingerprint density at radius 1 is 0.927 bits per heavy atom. The number of nitrogens with zero attached hydrogens (tertiary/aromatic N) is 3. The van der Waals surface area contributed by atoms with E-state index in [0.29, 0.717) is 28.2 Å². The van der Waals surface area contributed by atoms with Crippen LogP contribution in [-0.4, -0.2) is 46.3 Å². The number of ether oxygens (including phenoxy) is 1. The first-order valence-corrected chi connectivity index (χ1v) is 14.1. The highest BCUT2D eigenvalue weighted by molar-refractivity contribution is 7.92. The van der Waals surface area contributed by atoms with Gasteiger partial charge in [-0.2, -0.15) is 0 Å². The fraction of sp³-hybridized carbons (Fsp3) is 0.138. The van der Waals surface area contributed by atoms with Crippen molar-refractivity contribution in [2.75, 3.05) is 10.0 Å². The predicted molar refractivity (Wildman–Crippen MR) is 154 cm³/mol. The quantitative estimate of drug-likeness (QED) is 0.228. The Morgan fingerprint density at radius 2 is 1.66 bits per heavy atom. The fourth-order valence-corrected chi connectivity index (χ4v) is 4.86. The van der Waals surface area contributed by atoms with E-state index in [-0.39, 0.29) is 16.4 Å². The van der Waals surface area contributed by atoms with Gasteiger partial charge >= 0.3 is 5.97 Å². The van der Waals surface area contributed by atoms with Crippen LogP contribution in [0.25, 0.3) is 22.4 Å². The van der Waals surface area contributed by atoms with E-state index in [9.17, 15) is 18.0 Å². The van der Waals surface area contributed by atoms with Gasteiger partial charge in [-0.05, 0) is 69.3 Å². The number of carbonyl (C=O) groups is 2. The third kappa shape index (κ3) is 6.39. The van der Waals surface area contributed by atoms with Crippen molar-refractivity contribution in [3.05, 3.63) is 95.8 Å². The molecule has 0 aliphatic heterocycles. The maximum Gasteiger partial charge on any atom is 0.338 e. The summed E-state index contributed by atoms with van der Waals surface area (Å²) in [6.45, 7) is 5.17. The molecule has 1 amide bonds. The Bertz CT molecular complexity index is 1850. The lowest BCUT2D eigenvalue weighted by atomic mass is 10.1. The van der Waals surface area contributed by atoms with E-state index in [0.717, 1.165) is 11.1 Å². The molecule has 5 aromatic rings. The van der Waals surface area contributed by atoms with Gasteiger partial charge in [0.15, 0.2) is 6.10 Å². The first-order valence-electron chi connectivity index (χ1n) is 12.6. The zero-order valence-corrected chi connectivity index (χ0v) is 23.2. The van der Waals surface area contributed by atoms with Crippen molar-refractivity contribution in [1.82, 2.24) is 19.9 Å². The predicted octanol–water partition coefficient (Wildman–Crippen LogP) is 4.62. The van der Waals surface area contributed by atoms with Gasteiger partial charge in [-0.25, -0.2) is 32.9 Å². The lowest BCUT2D eigenvalue weighted by molar-refractivity contribution is -0.123. The summed E-state index contributed by atoms with van der Waals surface area (Å²) in [5, 5.41) is 2.62. The zero-order chi connectivity index (χ0) is 29.1. The first-order chi connectivity index (χ1) is 19.6. The summed E-state index contributed by atoms with van der Waals surface area (Å²) >= 11 is 0. The molecule has 3 aromatic carbocycles. The number of anilines is 2. The monoisotopic (exact) mass is 570 g/mol.